The van der Waals surface area contributed by atoms with E-state index in [1.165, 1.54) is 12.1 Å². The number of nitrogens with one attached hydrogen (secondary N) is 2. The molecule has 0 aliphatic heterocycles. The molecule has 0 saturated carbocycles. The van der Waals surface area contributed by atoms with E-state index in [-0.39, 0.29) is 24.1 Å². The summed E-state index contributed by atoms with van der Waals surface area (Å²) in [6, 6.07) is 22.4. The zero-order chi connectivity index (χ0) is 24.6. The molecular weight excluding hydrogens is 467 g/mol. The number of anilines is 1. The van der Waals surface area contributed by atoms with Gasteiger partial charge in [0.05, 0.1) is 12.9 Å². The standard InChI is InChI=1S/C27H24ClFN4O2/c28-22-12-8-21(9-13-22)27(35)30-16-4-7-24(34)32-26-25(20-10-14-23(29)15-11-20)31-18-33(26)17-19-5-2-1-3-6-19/h1-3,5-6,8-15,18H,4,7,16-17H2,(H,30,35)(H,32,34). The van der Waals surface area contributed by atoms with Gasteiger partial charge in [-0.1, -0.05) is 41.9 Å². The minimum absolute atomic E-state index is 0.205. The van der Waals surface area contributed by atoms with Gasteiger partial charge in [-0.3, -0.25) is 9.59 Å². The third kappa shape index (κ3) is 6.55. The molecule has 8 heteroatoms. The molecule has 0 fully saturated rings. The maximum absolute atomic E-state index is 13.4. The van der Waals surface area contributed by atoms with Crippen LogP contribution >= 0.6 is 11.6 Å². The lowest BCUT2D eigenvalue weighted by molar-refractivity contribution is -0.116. The number of carbonyl (C=O) groups excluding carboxylic acids is 2. The Bertz CT molecular complexity index is 1290. The van der Waals surface area contributed by atoms with Gasteiger partial charge in [-0.25, -0.2) is 9.37 Å². The van der Waals surface area contributed by atoms with Crippen molar-refractivity contribution in [2.75, 3.05) is 11.9 Å². The van der Waals surface area contributed by atoms with E-state index in [0.29, 0.717) is 47.2 Å². The van der Waals surface area contributed by atoms with Gasteiger partial charge in [-0.05, 0) is 60.5 Å². The van der Waals surface area contributed by atoms with Crippen LogP contribution in [0, 0.1) is 5.82 Å². The van der Waals surface area contributed by atoms with Gasteiger partial charge >= 0.3 is 0 Å². The summed E-state index contributed by atoms with van der Waals surface area (Å²) in [6.07, 6.45) is 2.33. The zero-order valence-corrected chi connectivity index (χ0v) is 19.6. The number of imidazole rings is 1. The molecule has 0 atom stereocenters. The molecule has 35 heavy (non-hydrogen) atoms. The Morgan fingerprint density at radius 2 is 1.66 bits per heavy atom. The highest BCUT2D eigenvalue weighted by atomic mass is 35.5. The average molecular weight is 491 g/mol. The average Bonchev–Trinajstić information content (AvgIpc) is 3.25. The summed E-state index contributed by atoms with van der Waals surface area (Å²) in [5, 5.41) is 6.32. The molecule has 6 nitrogen and oxygen atoms in total. The van der Waals surface area contributed by atoms with Crippen molar-refractivity contribution in [2.45, 2.75) is 19.4 Å². The molecule has 0 radical (unpaired) electrons. The van der Waals surface area contributed by atoms with E-state index >= 15 is 0 Å². The first kappa shape index (κ1) is 24.2. The summed E-state index contributed by atoms with van der Waals surface area (Å²) in [7, 11) is 0. The van der Waals surface area contributed by atoms with Crippen molar-refractivity contribution in [3.63, 3.8) is 0 Å². The lowest BCUT2D eigenvalue weighted by Crippen LogP contribution is -2.25. The maximum atomic E-state index is 13.4. The first-order valence-electron chi connectivity index (χ1n) is 11.2. The highest BCUT2D eigenvalue weighted by Crippen LogP contribution is 2.28. The van der Waals surface area contributed by atoms with Gasteiger partial charge in [-0.15, -0.1) is 0 Å². The Morgan fingerprint density at radius 1 is 0.943 bits per heavy atom. The van der Waals surface area contributed by atoms with Gasteiger partial charge in [-0.2, -0.15) is 0 Å². The normalized spacial score (nSPS) is 10.7. The highest BCUT2D eigenvalue weighted by molar-refractivity contribution is 6.30. The smallest absolute Gasteiger partial charge is 0.251 e. The van der Waals surface area contributed by atoms with Gasteiger partial charge in [0.25, 0.3) is 5.91 Å². The fourth-order valence-corrected chi connectivity index (χ4v) is 3.71. The van der Waals surface area contributed by atoms with Gasteiger partial charge < -0.3 is 15.2 Å². The maximum Gasteiger partial charge on any atom is 0.251 e. The van der Waals surface area contributed by atoms with Gasteiger partial charge in [0.2, 0.25) is 5.91 Å². The molecule has 1 aromatic heterocycles. The van der Waals surface area contributed by atoms with Crippen LogP contribution in [-0.2, 0) is 11.3 Å². The van der Waals surface area contributed by atoms with Crippen LogP contribution in [0.15, 0.2) is 85.2 Å². The van der Waals surface area contributed by atoms with Crippen molar-refractivity contribution in [3.8, 4) is 11.3 Å². The molecule has 4 aromatic rings. The molecular formula is C27H24ClFN4O2. The van der Waals surface area contributed by atoms with E-state index in [1.54, 1.807) is 42.7 Å². The van der Waals surface area contributed by atoms with Crippen molar-refractivity contribution >= 4 is 29.2 Å². The fourth-order valence-electron chi connectivity index (χ4n) is 3.58. The summed E-state index contributed by atoms with van der Waals surface area (Å²) in [5.41, 5.74) is 2.82. The van der Waals surface area contributed by atoms with Gasteiger partial charge in [0.1, 0.15) is 17.3 Å². The van der Waals surface area contributed by atoms with Gasteiger partial charge in [0, 0.05) is 29.1 Å². The molecule has 1 heterocycles. The second-order valence-electron chi connectivity index (χ2n) is 7.98. The first-order chi connectivity index (χ1) is 17.0. The molecule has 0 aliphatic carbocycles. The quantitative estimate of drug-likeness (QED) is 0.302. The molecule has 178 valence electrons. The van der Waals surface area contributed by atoms with Crippen LogP contribution in [0.5, 0.6) is 0 Å². The lowest BCUT2D eigenvalue weighted by Gasteiger charge is -2.12. The van der Waals surface area contributed by atoms with Crippen molar-refractivity contribution < 1.29 is 14.0 Å². The van der Waals surface area contributed by atoms with E-state index in [0.717, 1.165) is 5.56 Å². The van der Waals surface area contributed by atoms with E-state index in [2.05, 4.69) is 15.6 Å². The van der Waals surface area contributed by atoms with E-state index in [1.807, 2.05) is 34.9 Å². The molecule has 3 aromatic carbocycles. The number of hydrogen-bond acceptors (Lipinski definition) is 3. The van der Waals surface area contributed by atoms with E-state index in [9.17, 15) is 14.0 Å². The van der Waals surface area contributed by atoms with Crippen LogP contribution in [0.4, 0.5) is 10.2 Å². The number of amides is 2. The first-order valence-corrected chi connectivity index (χ1v) is 11.6. The Morgan fingerprint density at radius 3 is 2.37 bits per heavy atom. The molecule has 0 unspecified atom stereocenters. The number of carbonyl (C=O) groups is 2. The van der Waals surface area contributed by atoms with Crippen LogP contribution in [0.25, 0.3) is 11.3 Å². The molecule has 0 aliphatic rings. The van der Waals surface area contributed by atoms with Crippen LogP contribution in [0.1, 0.15) is 28.8 Å². The van der Waals surface area contributed by atoms with Crippen LogP contribution < -0.4 is 10.6 Å². The van der Waals surface area contributed by atoms with Crippen LogP contribution in [-0.4, -0.2) is 27.9 Å². The number of aromatic nitrogens is 2. The Labute approximate surface area is 207 Å². The number of nitrogens with zero attached hydrogens (tertiary/aromatic N) is 2. The molecule has 0 bridgehead atoms. The number of hydrogen-bond donors (Lipinski definition) is 2. The van der Waals surface area contributed by atoms with E-state index in [4.69, 9.17) is 11.6 Å². The second kappa shape index (κ2) is 11.4. The summed E-state index contributed by atoms with van der Waals surface area (Å²) in [5.74, 6) is -0.232. The van der Waals surface area contributed by atoms with Crippen molar-refractivity contribution in [3.05, 3.63) is 107 Å². The third-order valence-electron chi connectivity index (χ3n) is 5.38. The number of benzene rings is 3. The highest BCUT2D eigenvalue weighted by Gasteiger charge is 2.16. The molecule has 0 spiro atoms. The molecule has 2 N–H and O–H groups in total. The Hall–Kier alpha value is -3.97. The minimum Gasteiger partial charge on any atom is -0.352 e. The third-order valence-corrected chi connectivity index (χ3v) is 5.63. The second-order valence-corrected chi connectivity index (χ2v) is 8.41. The molecule has 4 rings (SSSR count). The van der Waals surface area contributed by atoms with Crippen molar-refractivity contribution in [2.24, 2.45) is 0 Å². The predicted octanol–water partition coefficient (Wildman–Crippen LogP) is 5.54. The van der Waals surface area contributed by atoms with Crippen LogP contribution in [0.3, 0.4) is 0 Å². The van der Waals surface area contributed by atoms with E-state index < -0.39 is 0 Å². The summed E-state index contributed by atoms with van der Waals surface area (Å²) in [4.78, 5) is 29.5. The zero-order valence-electron chi connectivity index (χ0n) is 18.9. The number of halogens is 2. The molecule has 2 amide bonds. The fraction of sp³-hybridized carbons (Fsp3) is 0.148. The Kier molecular flexibility index (Phi) is 7.90. The number of rotatable bonds is 9. The summed E-state index contributed by atoms with van der Waals surface area (Å²) in [6.45, 7) is 0.866. The predicted molar refractivity (Wildman–Crippen MR) is 135 cm³/mol. The summed E-state index contributed by atoms with van der Waals surface area (Å²) < 4.78 is 15.3. The van der Waals surface area contributed by atoms with Crippen molar-refractivity contribution in [1.29, 1.82) is 0 Å². The summed E-state index contributed by atoms with van der Waals surface area (Å²) >= 11 is 5.85. The van der Waals surface area contributed by atoms with Crippen LogP contribution in [0.2, 0.25) is 5.02 Å². The van der Waals surface area contributed by atoms with Gasteiger partial charge in [0.15, 0.2) is 0 Å². The Balaban J connectivity index is 1.41. The lowest BCUT2D eigenvalue weighted by atomic mass is 10.1. The molecule has 0 saturated heterocycles. The van der Waals surface area contributed by atoms with Crippen molar-refractivity contribution in [1.82, 2.24) is 14.9 Å². The largest absolute Gasteiger partial charge is 0.352 e. The minimum atomic E-state index is -0.344. The topological polar surface area (TPSA) is 76.0 Å². The SMILES string of the molecule is O=C(CCCNC(=O)c1ccc(Cl)cc1)Nc1c(-c2ccc(F)cc2)ncn1Cc1ccccc1. The monoisotopic (exact) mass is 490 g/mol.